The number of benzene rings is 1. The van der Waals surface area contributed by atoms with E-state index in [1.807, 2.05) is 23.6 Å². The number of nitrogens with one attached hydrogen (secondary N) is 1. The highest BCUT2D eigenvalue weighted by atomic mass is 32.1. The Hall–Kier alpha value is -2.81. The summed E-state index contributed by atoms with van der Waals surface area (Å²) in [6.45, 7) is 0.948. The fraction of sp³-hybridized carbons (Fsp3) is 0.316. The number of anilines is 1. The number of halogens is 2. The Morgan fingerprint density at radius 2 is 1.96 bits per heavy atom. The molecule has 1 aromatic carbocycles. The molecule has 0 spiro atoms. The van der Waals surface area contributed by atoms with Crippen LogP contribution in [0.1, 0.15) is 46.7 Å². The van der Waals surface area contributed by atoms with Crippen molar-refractivity contribution in [1.29, 1.82) is 0 Å². The predicted octanol–water partition coefficient (Wildman–Crippen LogP) is 3.61. The molecule has 2 aromatic heterocycles. The first-order valence-electron chi connectivity index (χ1n) is 8.89. The summed E-state index contributed by atoms with van der Waals surface area (Å²) in [4.78, 5) is 18.9. The number of alkyl halides is 2. The van der Waals surface area contributed by atoms with E-state index in [2.05, 4.69) is 27.3 Å². The zero-order valence-electron chi connectivity index (χ0n) is 14.9. The van der Waals surface area contributed by atoms with Gasteiger partial charge in [-0.3, -0.25) is 9.89 Å². The second-order valence-electron chi connectivity index (χ2n) is 6.82. The number of nitrogen functional groups attached to an aromatic ring is 1. The Morgan fingerprint density at radius 1 is 1.25 bits per heavy atom. The minimum Gasteiger partial charge on any atom is -0.375 e. The van der Waals surface area contributed by atoms with Crippen molar-refractivity contribution >= 4 is 22.4 Å². The molecule has 1 saturated heterocycles. The standard InChI is InChI=1S/C19H19F2N5OS/c20-16(21)13-10-14(25-24-13)17(27)26-8-6-19(7-9-26,12-4-2-1-3-5-12)15-11-28-18(22)23-15/h1-5,10-11,16H,6-9H2,(H2,22,23)(H,24,25). The first-order chi connectivity index (χ1) is 13.5. The van der Waals surface area contributed by atoms with Crippen LogP contribution in [-0.2, 0) is 5.41 Å². The molecular weight excluding hydrogens is 384 g/mol. The van der Waals surface area contributed by atoms with Gasteiger partial charge in [0.25, 0.3) is 12.3 Å². The fourth-order valence-corrected chi connectivity index (χ4v) is 4.43. The van der Waals surface area contributed by atoms with E-state index < -0.39 is 6.43 Å². The minimum atomic E-state index is -2.68. The average molecular weight is 403 g/mol. The molecule has 3 heterocycles. The smallest absolute Gasteiger partial charge is 0.279 e. The molecular formula is C19H19F2N5OS. The number of nitrogens with two attached hydrogens (primary N) is 1. The summed E-state index contributed by atoms with van der Waals surface area (Å²) in [7, 11) is 0. The molecule has 0 aliphatic carbocycles. The van der Waals surface area contributed by atoms with Crippen molar-refractivity contribution in [3.63, 3.8) is 0 Å². The Kier molecular flexibility index (Phi) is 4.84. The van der Waals surface area contributed by atoms with Gasteiger partial charge < -0.3 is 10.6 Å². The summed E-state index contributed by atoms with van der Waals surface area (Å²) >= 11 is 1.40. The van der Waals surface area contributed by atoms with Crippen LogP contribution >= 0.6 is 11.3 Å². The third-order valence-corrected chi connectivity index (χ3v) is 5.97. The number of aromatic nitrogens is 3. The van der Waals surface area contributed by atoms with Crippen molar-refractivity contribution in [2.75, 3.05) is 18.8 Å². The molecule has 0 unspecified atom stereocenters. The number of aromatic amines is 1. The summed E-state index contributed by atoms with van der Waals surface area (Å²) < 4.78 is 25.5. The van der Waals surface area contributed by atoms with Crippen molar-refractivity contribution in [1.82, 2.24) is 20.1 Å². The van der Waals surface area contributed by atoms with Crippen molar-refractivity contribution in [2.24, 2.45) is 0 Å². The average Bonchev–Trinajstić information content (AvgIpc) is 3.38. The molecule has 4 rings (SSSR count). The highest BCUT2D eigenvalue weighted by Gasteiger charge is 2.41. The summed E-state index contributed by atoms with van der Waals surface area (Å²) in [5, 5.41) is 8.46. The number of nitrogens with zero attached hydrogens (tertiary/aromatic N) is 3. The Labute approximate surface area is 164 Å². The van der Waals surface area contributed by atoms with E-state index >= 15 is 0 Å². The molecule has 1 aliphatic rings. The number of rotatable bonds is 4. The molecule has 0 atom stereocenters. The summed E-state index contributed by atoms with van der Waals surface area (Å²) in [6.07, 6.45) is -1.35. The van der Waals surface area contributed by atoms with E-state index in [-0.39, 0.29) is 22.7 Å². The highest BCUT2D eigenvalue weighted by Crippen LogP contribution is 2.42. The van der Waals surface area contributed by atoms with Gasteiger partial charge in [0.2, 0.25) is 0 Å². The van der Waals surface area contributed by atoms with Crippen molar-refractivity contribution in [3.05, 3.63) is 64.4 Å². The van der Waals surface area contributed by atoms with Crippen LogP contribution in [0.3, 0.4) is 0 Å². The van der Waals surface area contributed by atoms with Gasteiger partial charge in [0, 0.05) is 23.9 Å². The molecule has 0 bridgehead atoms. The number of amides is 1. The maximum atomic E-state index is 12.8. The largest absolute Gasteiger partial charge is 0.375 e. The van der Waals surface area contributed by atoms with Gasteiger partial charge in [-0.1, -0.05) is 30.3 Å². The molecule has 0 saturated carbocycles. The number of likely N-dealkylation sites (tertiary alicyclic amines) is 1. The quantitative estimate of drug-likeness (QED) is 0.697. The van der Waals surface area contributed by atoms with E-state index in [0.29, 0.717) is 31.1 Å². The maximum absolute atomic E-state index is 12.8. The first kappa shape index (κ1) is 18.5. The Bertz CT molecular complexity index is 964. The molecule has 9 heteroatoms. The third kappa shape index (κ3) is 3.26. The van der Waals surface area contributed by atoms with Gasteiger partial charge in [0.1, 0.15) is 5.69 Å². The van der Waals surface area contributed by atoms with Crippen LogP contribution in [0.15, 0.2) is 41.8 Å². The summed E-state index contributed by atoms with van der Waals surface area (Å²) in [5.74, 6) is -0.345. The van der Waals surface area contributed by atoms with Crippen LogP contribution < -0.4 is 5.73 Å². The van der Waals surface area contributed by atoms with E-state index in [4.69, 9.17) is 5.73 Å². The van der Waals surface area contributed by atoms with Crippen molar-refractivity contribution < 1.29 is 13.6 Å². The summed E-state index contributed by atoms with van der Waals surface area (Å²) in [6, 6.07) is 11.2. The van der Waals surface area contributed by atoms with Gasteiger partial charge in [0.15, 0.2) is 10.8 Å². The molecule has 146 valence electrons. The maximum Gasteiger partial charge on any atom is 0.279 e. The topological polar surface area (TPSA) is 87.9 Å². The van der Waals surface area contributed by atoms with Gasteiger partial charge >= 0.3 is 0 Å². The lowest BCUT2D eigenvalue weighted by Gasteiger charge is -2.41. The van der Waals surface area contributed by atoms with Crippen LogP contribution in [0, 0.1) is 0 Å². The zero-order chi connectivity index (χ0) is 19.7. The summed E-state index contributed by atoms with van der Waals surface area (Å²) in [5.41, 5.74) is 7.25. The Balaban J connectivity index is 1.58. The van der Waals surface area contributed by atoms with Crippen LogP contribution in [0.4, 0.5) is 13.9 Å². The van der Waals surface area contributed by atoms with Crippen LogP contribution in [-0.4, -0.2) is 39.1 Å². The van der Waals surface area contributed by atoms with Crippen molar-refractivity contribution in [3.8, 4) is 0 Å². The van der Waals surface area contributed by atoms with Gasteiger partial charge in [-0.15, -0.1) is 11.3 Å². The van der Waals surface area contributed by atoms with Gasteiger partial charge in [0.05, 0.1) is 5.69 Å². The first-order valence-corrected chi connectivity index (χ1v) is 9.77. The zero-order valence-corrected chi connectivity index (χ0v) is 15.8. The molecule has 3 N–H and O–H groups in total. The lowest BCUT2D eigenvalue weighted by Crippen LogP contribution is -2.46. The number of hydrogen-bond donors (Lipinski definition) is 2. The van der Waals surface area contributed by atoms with Gasteiger partial charge in [-0.25, -0.2) is 13.8 Å². The molecule has 1 amide bonds. The number of hydrogen-bond acceptors (Lipinski definition) is 5. The molecule has 0 radical (unpaired) electrons. The SMILES string of the molecule is Nc1nc(C2(c3ccccc3)CCN(C(=O)c3cc(C(F)F)[nH]n3)CC2)cs1. The normalized spacial score (nSPS) is 16.5. The third-order valence-electron chi connectivity index (χ3n) is 5.29. The minimum absolute atomic E-state index is 0.0143. The molecule has 3 aromatic rings. The number of piperidine rings is 1. The number of carbonyl (C=O) groups excluding carboxylic acids is 1. The molecule has 28 heavy (non-hydrogen) atoms. The fourth-order valence-electron chi connectivity index (χ4n) is 3.77. The van der Waals surface area contributed by atoms with Crippen molar-refractivity contribution in [2.45, 2.75) is 24.7 Å². The van der Waals surface area contributed by atoms with E-state index in [1.165, 1.54) is 11.3 Å². The van der Waals surface area contributed by atoms with Crippen LogP contribution in [0.5, 0.6) is 0 Å². The monoisotopic (exact) mass is 403 g/mol. The van der Waals surface area contributed by atoms with E-state index in [9.17, 15) is 13.6 Å². The molecule has 1 fully saturated rings. The lowest BCUT2D eigenvalue weighted by molar-refractivity contribution is 0.0678. The Morgan fingerprint density at radius 3 is 2.54 bits per heavy atom. The number of thiazole rings is 1. The lowest BCUT2D eigenvalue weighted by atomic mass is 9.70. The molecule has 1 aliphatic heterocycles. The van der Waals surface area contributed by atoms with Crippen LogP contribution in [0.25, 0.3) is 0 Å². The second-order valence-corrected chi connectivity index (χ2v) is 7.71. The molecule has 6 nitrogen and oxygen atoms in total. The highest BCUT2D eigenvalue weighted by molar-refractivity contribution is 7.13. The number of H-pyrrole nitrogens is 1. The van der Waals surface area contributed by atoms with E-state index in [0.717, 1.165) is 17.3 Å². The predicted molar refractivity (Wildman–Crippen MR) is 102 cm³/mol. The second kappa shape index (κ2) is 7.31. The van der Waals surface area contributed by atoms with Gasteiger partial charge in [-0.05, 0) is 24.5 Å². The number of carbonyl (C=O) groups is 1. The van der Waals surface area contributed by atoms with E-state index in [1.54, 1.807) is 4.90 Å². The van der Waals surface area contributed by atoms with Gasteiger partial charge in [-0.2, -0.15) is 5.10 Å². The van der Waals surface area contributed by atoms with Crippen LogP contribution in [0.2, 0.25) is 0 Å².